The number of aliphatic imine (C=N–C) groups is 1. The van der Waals surface area contributed by atoms with Gasteiger partial charge in [0, 0.05) is 24.9 Å². The van der Waals surface area contributed by atoms with Crippen molar-refractivity contribution in [2.24, 2.45) is 22.2 Å². The zero-order chi connectivity index (χ0) is 25.0. The van der Waals surface area contributed by atoms with Crippen molar-refractivity contribution in [3.05, 3.63) is 18.2 Å². The molecule has 0 spiro atoms. The van der Waals surface area contributed by atoms with Gasteiger partial charge in [0.1, 0.15) is 18.6 Å². The summed E-state index contributed by atoms with van der Waals surface area (Å²) < 4.78 is 0. The number of carbonyl (C=O) groups excluding carboxylic acids is 3. The number of carboxylic acid groups (broad SMARTS) is 1. The maximum Gasteiger partial charge on any atom is 0.322 e. The van der Waals surface area contributed by atoms with Gasteiger partial charge in [0.2, 0.25) is 17.7 Å². The van der Waals surface area contributed by atoms with Gasteiger partial charge in [0.15, 0.2) is 5.96 Å². The van der Waals surface area contributed by atoms with E-state index in [2.05, 4.69) is 30.9 Å². The Hall–Kier alpha value is -3.72. The number of carboxylic acids is 1. The monoisotopic (exact) mass is 469 g/mol. The van der Waals surface area contributed by atoms with E-state index in [0.29, 0.717) is 12.1 Å². The number of rotatable bonds is 14. The molecule has 15 nitrogen and oxygen atoms in total. The van der Waals surface area contributed by atoms with Crippen LogP contribution < -0.4 is 33.2 Å². The third kappa shape index (κ3) is 10.4. The van der Waals surface area contributed by atoms with E-state index in [1.807, 2.05) is 0 Å². The second-order valence-corrected chi connectivity index (χ2v) is 7.24. The Labute approximate surface area is 189 Å². The highest BCUT2D eigenvalue weighted by molar-refractivity contribution is 5.94. The Kier molecular flexibility index (Phi) is 11.3. The van der Waals surface area contributed by atoms with Gasteiger partial charge in [-0.25, -0.2) is 4.98 Å². The average Bonchev–Trinajstić information content (AvgIpc) is 3.25. The highest BCUT2D eigenvalue weighted by Gasteiger charge is 2.31. The summed E-state index contributed by atoms with van der Waals surface area (Å²) in [5.74, 6) is -3.68. The Morgan fingerprint density at radius 3 is 2.42 bits per heavy atom. The molecule has 184 valence electrons. The fourth-order valence-electron chi connectivity index (χ4n) is 2.69. The number of imidazole rings is 1. The van der Waals surface area contributed by atoms with E-state index in [1.54, 1.807) is 0 Å². The molecular weight excluding hydrogens is 438 g/mol. The van der Waals surface area contributed by atoms with Gasteiger partial charge in [0.25, 0.3) is 0 Å². The zero-order valence-corrected chi connectivity index (χ0v) is 18.2. The van der Waals surface area contributed by atoms with Crippen molar-refractivity contribution in [3.63, 3.8) is 0 Å². The van der Waals surface area contributed by atoms with E-state index >= 15 is 0 Å². The molecule has 1 rings (SSSR count). The van der Waals surface area contributed by atoms with Crippen LogP contribution >= 0.6 is 0 Å². The molecule has 0 aromatic carbocycles. The highest BCUT2D eigenvalue weighted by Crippen LogP contribution is 2.03. The Bertz CT molecular complexity index is 823. The molecule has 4 atom stereocenters. The quantitative estimate of drug-likeness (QED) is 0.0721. The molecule has 0 aliphatic rings. The Morgan fingerprint density at radius 2 is 1.88 bits per heavy atom. The largest absolute Gasteiger partial charge is 0.480 e. The molecule has 1 aromatic heterocycles. The lowest BCUT2D eigenvalue weighted by molar-refractivity contribution is -0.138. The molecule has 0 saturated heterocycles. The van der Waals surface area contributed by atoms with Crippen LogP contribution in [-0.2, 0) is 25.6 Å². The molecule has 0 fully saturated rings. The van der Waals surface area contributed by atoms with Crippen LogP contribution in [-0.4, -0.2) is 87.2 Å². The molecule has 0 saturated carbocycles. The predicted octanol–water partition coefficient (Wildman–Crippen LogP) is -4.12. The molecular formula is C18H31N9O6. The third-order valence-corrected chi connectivity index (χ3v) is 4.39. The van der Waals surface area contributed by atoms with Crippen LogP contribution in [0.2, 0.25) is 0 Å². The third-order valence-electron chi connectivity index (χ3n) is 4.39. The number of guanidine groups is 1. The summed E-state index contributed by atoms with van der Waals surface area (Å²) in [7, 11) is 0. The van der Waals surface area contributed by atoms with Gasteiger partial charge in [0.05, 0.1) is 18.5 Å². The van der Waals surface area contributed by atoms with Gasteiger partial charge < -0.3 is 48.3 Å². The van der Waals surface area contributed by atoms with Gasteiger partial charge in [-0.15, -0.1) is 0 Å². The number of aromatic amines is 1. The first-order chi connectivity index (χ1) is 15.5. The average molecular weight is 470 g/mol. The fourth-order valence-corrected chi connectivity index (χ4v) is 2.69. The molecule has 33 heavy (non-hydrogen) atoms. The summed E-state index contributed by atoms with van der Waals surface area (Å²) in [6.45, 7) is 0.896. The minimum Gasteiger partial charge on any atom is -0.480 e. The van der Waals surface area contributed by atoms with Crippen LogP contribution in [0.5, 0.6) is 0 Å². The molecule has 1 aromatic rings. The van der Waals surface area contributed by atoms with Crippen molar-refractivity contribution in [1.82, 2.24) is 25.9 Å². The highest BCUT2D eigenvalue weighted by atomic mass is 16.4. The molecule has 15 heteroatoms. The zero-order valence-electron chi connectivity index (χ0n) is 18.2. The molecule has 4 unspecified atom stereocenters. The summed E-state index contributed by atoms with van der Waals surface area (Å²) in [6, 6.07) is -3.62. The number of aromatic nitrogens is 2. The lowest BCUT2D eigenvalue weighted by Gasteiger charge is -2.25. The summed E-state index contributed by atoms with van der Waals surface area (Å²) in [5.41, 5.74) is 16.8. The van der Waals surface area contributed by atoms with Crippen molar-refractivity contribution in [2.75, 3.05) is 13.1 Å². The summed E-state index contributed by atoms with van der Waals surface area (Å²) in [6.07, 6.45) is 2.07. The van der Waals surface area contributed by atoms with Crippen molar-refractivity contribution in [1.29, 1.82) is 0 Å². The van der Waals surface area contributed by atoms with Gasteiger partial charge in [-0.1, -0.05) is 0 Å². The van der Waals surface area contributed by atoms with Crippen LogP contribution in [0.4, 0.5) is 0 Å². The van der Waals surface area contributed by atoms with Crippen LogP contribution in [0.25, 0.3) is 0 Å². The standard InChI is InChI=1S/C18H31N9O6/c1-9(28)14(27-15(31)11(19)3-2-4-23-18(20)21)17(33)26-12(5-10-6-22-8-25-10)16(32)24-7-13(29)30/h6,8-9,11-12,14,28H,2-5,7,19H2,1H3,(H,22,25)(H,24,32)(H,26,33)(H,27,31)(H,29,30)(H4,20,21,23). The van der Waals surface area contributed by atoms with Crippen molar-refractivity contribution < 1.29 is 29.4 Å². The normalized spacial score (nSPS) is 14.3. The van der Waals surface area contributed by atoms with Crippen LogP contribution in [0.3, 0.4) is 0 Å². The first kappa shape index (κ1) is 27.3. The van der Waals surface area contributed by atoms with Crippen molar-refractivity contribution in [3.8, 4) is 0 Å². The molecule has 0 radical (unpaired) electrons. The van der Waals surface area contributed by atoms with Crippen LogP contribution in [0, 0.1) is 0 Å². The number of nitrogens with one attached hydrogen (secondary N) is 4. The molecule has 1 heterocycles. The van der Waals surface area contributed by atoms with Crippen LogP contribution in [0.1, 0.15) is 25.5 Å². The van der Waals surface area contributed by atoms with Gasteiger partial charge in [-0.3, -0.25) is 24.2 Å². The van der Waals surface area contributed by atoms with E-state index in [0.717, 1.165) is 0 Å². The fraction of sp³-hybridized carbons (Fsp3) is 0.556. The second-order valence-electron chi connectivity index (χ2n) is 7.24. The maximum absolute atomic E-state index is 12.8. The molecule has 0 bridgehead atoms. The maximum atomic E-state index is 12.8. The minimum absolute atomic E-state index is 0.0397. The number of nitrogens with zero attached hydrogens (tertiary/aromatic N) is 2. The molecule has 3 amide bonds. The number of aliphatic hydroxyl groups excluding tert-OH is 1. The van der Waals surface area contributed by atoms with E-state index in [4.69, 9.17) is 22.3 Å². The van der Waals surface area contributed by atoms with Gasteiger partial charge in [-0.05, 0) is 19.8 Å². The predicted molar refractivity (Wildman–Crippen MR) is 116 cm³/mol. The Balaban J connectivity index is 2.80. The number of nitrogens with two attached hydrogens (primary N) is 3. The van der Waals surface area contributed by atoms with Gasteiger partial charge in [-0.2, -0.15) is 0 Å². The van der Waals surface area contributed by atoms with E-state index in [-0.39, 0.29) is 25.3 Å². The number of hydrogen-bond donors (Lipinski definition) is 9. The lowest BCUT2D eigenvalue weighted by atomic mass is 10.1. The number of aliphatic carboxylic acids is 1. The smallest absolute Gasteiger partial charge is 0.322 e. The number of H-pyrrole nitrogens is 1. The topological polar surface area (TPSA) is 264 Å². The SMILES string of the molecule is CC(O)C(NC(=O)C(N)CCCN=C(N)N)C(=O)NC(Cc1cnc[nH]1)C(=O)NCC(=O)O. The first-order valence-electron chi connectivity index (χ1n) is 10.1. The molecule has 0 aliphatic carbocycles. The summed E-state index contributed by atoms with van der Waals surface area (Å²) >= 11 is 0. The number of hydrogen-bond acceptors (Lipinski definition) is 8. The summed E-state index contributed by atoms with van der Waals surface area (Å²) in [5, 5.41) is 25.7. The number of carbonyl (C=O) groups is 4. The van der Waals surface area contributed by atoms with E-state index in [9.17, 15) is 24.3 Å². The number of amides is 3. The van der Waals surface area contributed by atoms with E-state index in [1.165, 1.54) is 19.4 Å². The van der Waals surface area contributed by atoms with Crippen molar-refractivity contribution >= 4 is 29.7 Å². The van der Waals surface area contributed by atoms with E-state index < -0.39 is 54.5 Å². The Morgan fingerprint density at radius 1 is 1.18 bits per heavy atom. The summed E-state index contributed by atoms with van der Waals surface area (Å²) in [4.78, 5) is 58.7. The van der Waals surface area contributed by atoms with Gasteiger partial charge >= 0.3 is 5.97 Å². The lowest BCUT2D eigenvalue weighted by Crippen LogP contribution is -2.59. The second kappa shape index (κ2) is 13.6. The van der Waals surface area contributed by atoms with Crippen molar-refractivity contribution in [2.45, 2.75) is 50.4 Å². The van der Waals surface area contributed by atoms with Crippen LogP contribution in [0.15, 0.2) is 17.5 Å². The first-order valence-corrected chi connectivity index (χ1v) is 10.1. The number of aliphatic hydroxyl groups is 1. The minimum atomic E-state index is -1.42. The molecule has 12 N–H and O–H groups in total. The molecule has 0 aliphatic heterocycles.